The number of hydrogen-bond donors (Lipinski definition) is 0. The van der Waals surface area contributed by atoms with E-state index in [4.69, 9.17) is 18.9 Å². The Morgan fingerprint density at radius 2 is 2.00 bits per heavy atom. The van der Waals surface area contributed by atoms with Gasteiger partial charge in [-0.3, -0.25) is 0 Å². The highest BCUT2D eigenvalue weighted by Crippen LogP contribution is 2.31. The second-order valence-corrected chi connectivity index (χ2v) is 5.58. The van der Waals surface area contributed by atoms with Gasteiger partial charge in [0.2, 0.25) is 0 Å². The summed E-state index contributed by atoms with van der Waals surface area (Å²) in [5.41, 5.74) is 1.74. The summed E-state index contributed by atoms with van der Waals surface area (Å²) < 4.78 is 21.4. The average molecular weight is 357 g/mol. The lowest BCUT2D eigenvalue weighted by Gasteiger charge is -2.29. The van der Waals surface area contributed by atoms with Crippen molar-refractivity contribution in [3.8, 4) is 11.8 Å². The Bertz CT molecular complexity index is 785. The molecule has 0 saturated carbocycles. The molecule has 1 heterocycles. The van der Waals surface area contributed by atoms with Gasteiger partial charge in [-0.2, -0.15) is 0 Å². The maximum absolute atomic E-state index is 11.8. The smallest absolute Gasteiger partial charge is 0.338 e. The third-order valence-corrected chi connectivity index (χ3v) is 4.03. The van der Waals surface area contributed by atoms with Gasteiger partial charge in [-0.25, -0.2) is 9.78 Å². The number of carbonyl (C=O) groups is 1. The van der Waals surface area contributed by atoms with Gasteiger partial charge < -0.3 is 18.9 Å². The lowest BCUT2D eigenvalue weighted by atomic mass is 9.88. The third kappa shape index (κ3) is 4.24. The molecule has 0 N–H and O–H groups in total. The number of carbonyl (C=O) groups excluding carboxylic acids is 1. The monoisotopic (exact) mass is 357 g/mol. The molecule has 2 rings (SSSR count). The van der Waals surface area contributed by atoms with E-state index in [1.165, 1.54) is 6.20 Å². The fraction of sp³-hybridized carbons (Fsp3) is 0.400. The Morgan fingerprint density at radius 3 is 2.62 bits per heavy atom. The number of methoxy groups -OCH3 is 3. The van der Waals surface area contributed by atoms with Crippen molar-refractivity contribution in [1.29, 1.82) is 0 Å². The first-order chi connectivity index (χ1) is 12.5. The summed E-state index contributed by atoms with van der Waals surface area (Å²) in [6.07, 6.45) is 3.08. The molecule has 0 saturated heterocycles. The molecule has 1 aromatic rings. The minimum Gasteiger partial charge on any atom is -0.494 e. The third-order valence-electron chi connectivity index (χ3n) is 4.03. The predicted molar refractivity (Wildman–Crippen MR) is 96.2 cm³/mol. The van der Waals surface area contributed by atoms with Crippen molar-refractivity contribution in [2.45, 2.75) is 20.0 Å². The van der Waals surface area contributed by atoms with Crippen LogP contribution < -0.4 is 0 Å². The van der Waals surface area contributed by atoms with Crippen molar-refractivity contribution in [3.05, 3.63) is 52.8 Å². The van der Waals surface area contributed by atoms with E-state index in [0.717, 1.165) is 5.57 Å². The van der Waals surface area contributed by atoms with E-state index < -0.39 is 5.97 Å². The number of rotatable bonds is 5. The molecule has 0 amide bonds. The SMILES string of the molecule is CCOC(=O)c1ccnc(C#CC2=CC(OC)=C(OC)C(OC)C2C)c1. The van der Waals surface area contributed by atoms with Crippen LogP contribution in [-0.4, -0.2) is 45.0 Å². The highest BCUT2D eigenvalue weighted by atomic mass is 16.5. The molecule has 6 heteroatoms. The Kier molecular flexibility index (Phi) is 6.81. The van der Waals surface area contributed by atoms with Crippen LogP contribution in [0.3, 0.4) is 0 Å². The Balaban J connectivity index is 2.34. The summed E-state index contributed by atoms with van der Waals surface area (Å²) in [5, 5.41) is 0. The number of aromatic nitrogens is 1. The topological polar surface area (TPSA) is 66.9 Å². The molecule has 138 valence electrons. The molecule has 2 atom stereocenters. The molecule has 2 unspecified atom stereocenters. The quantitative estimate of drug-likeness (QED) is 0.596. The van der Waals surface area contributed by atoms with Gasteiger partial charge in [0, 0.05) is 24.8 Å². The second kappa shape index (κ2) is 9.07. The van der Waals surface area contributed by atoms with Crippen LogP contribution in [0.4, 0.5) is 0 Å². The van der Waals surface area contributed by atoms with E-state index in [2.05, 4.69) is 16.8 Å². The molecule has 1 aromatic heterocycles. The number of nitrogens with zero attached hydrogens (tertiary/aromatic N) is 1. The van der Waals surface area contributed by atoms with Crippen LogP contribution in [0, 0.1) is 17.8 Å². The summed E-state index contributed by atoms with van der Waals surface area (Å²) in [6, 6.07) is 3.21. The van der Waals surface area contributed by atoms with E-state index in [-0.39, 0.29) is 12.0 Å². The molecule has 0 fully saturated rings. The molecule has 0 radical (unpaired) electrons. The van der Waals surface area contributed by atoms with Crippen LogP contribution in [0.25, 0.3) is 0 Å². The first-order valence-electron chi connectivity index (χ1n) is 8.27. The zero-order valence-electron chi connectivity index (χ0n) is 15.7. The van der Waals surface area contributed by atoms with E-state index in [1.807, 2.05) is 13.0 Å². The van der Waals surface area contributed by atoms with Crippen molar-refractivity contribution in [1.82, 2.24) is 4.98 Å². The molecular weight excluding hydrogens is 334 g/mol. The van der Waals surface area contributed by atoms with Gasteiger partial charge >= 0.3 is 5.97 Å². The van der Waals surface area contributed by atoms with Gasteiger partial charge in [0.1, 0.15) is 11.8 Å². The fourth-order valence-corrected chi connectivity index (χ4v) is 2.69. The van der Waals surface area contributed by atoms with Crippen LogP contribution >= 0.6 is 0 Å². The van der Waals surface area contributed by atoms with Crippen molar-refractivity contribution < 1.29 is 23.7 Å². The average Bonchev–Trinajstić information content (AvgIpc) is 2.66. The molecule has 0 aromatic carbocycles. The summed E-state index contributed by atoms with van der Waals surface area (Å²) >= 11 is 0. The molecule has 1 aliphatic rings. The Labute approximate surface area is 153 Å². The van der Waals surface area contributed by atoms with Crippen molar-refractivity contribution in [2.75, 3.05) is 27.9 Å². The molecule has 0 bridgehead atoms. The van der Waals surface area contributed by atoms with E-state index in [9.17, 15) is 4.79 Å². The van der Waals surface area contributed by atoms with E-state index >= 15 is 0 Å². The molecular formula is C20H23NO5. The van der Waals surface area contributed by atoms with Crippen LogP contribution in [0.5, 0.6) is 0 Å². The molecule has 6 nitrogen and oxygen atoms in total. The zero-order chi connectivity index (χ0) is 19.1. The summed E-state index contributed by atoms with van der Waals surface area (Å²) in [5.74, 6) is 6.90. The second-order valence-electron chi connectivity index (χ2n) is 5.58. The summed E-state index contributed by atoms with van der Waals surface area (Å²) in [4.78, 5) is 16.0. The van der Waals surface area contributed by atoms with Gasteiger partial charge in [-0.15, -0.1) is 0 Å². The first-order valence-corrected chi connectivity index (χ1v) is 8.27. The van der Waals surface area contributed by atoms with Crippen LogP contribution in [0.2, 0.25) is 0 Å². The zero-order valence-corrected chi connectivity index (χ0v) is 15.7. The fourth-order valence-electron chi connectivity index (χ4n) is 2.69. The maximum Gasteiger partial charge on any atom is 0.338 e. The first kappa shape index (κ1) is 19.5. The lowest BCUT2D eigenvalue weighted by molar-refractivity contribution is 0.0410. The lowest BCUT2D eigenvalue weighted by Crippen LogP contribution is -2.29. The summed E-state index contributed by atoms with van der Waals surface area (Å²) in [6.45, 7) is 4.08. The number of ether oxygens (including phenoxy) is 4. The Morgan fingerprint density at radius 1 is 1.23 bits per heavy atom. The van der Waals surface area contributed by atoms with Gasteiger partial charge in [0.05, 0.1) is 26.4 Å². The minimum atomic E-state index is -0.392. The largest absolute Gasteiger partial charge is 0.494 e. The number of hydrogen-bond acceptors (Lipinski definition) is 6. The summed E-state index contributed by atoms with van der Waals surface area (Å²) in [7, 11) is 4.78. The van der Waals surface area contributed by atoms with E-state index in [0.29, 0.717) is 29.4 Å². The molecule has 0 spiro atoms. The number of esters is 1. The van der Waals surface area contributed by atoms with Crippen LogP contribution in [-0.2, 0) is 18.9 Å². The van der Waals surface area contributed by atoms with Crippen LogP contribution in [0.1, 0.15) is 29.9 Å². The van der Waals surface area contributed by atoms with Crippen molar-refractivity contribution >= 4 is 5.97 Å². The minimum absolute atomic E-state index is 0.0189. The normalized spacial score (nSPS) is 19.2. The number of allylic oxidation sites excluding steroid dienone is 1. The van der Waals surface area contributed by atoms with Crippen molar-refractivity contribution in [3.63, 3.8) is 0 Å². The molecule has 0 aliphatic heterocycles. The molecule has 26 heavy (non-hydrogen) atoms. The van der Waals surface area contributed by atoms with Crippen molar-refractivity contribution in [2.24, 2.45) is 5.92 Å². The Hall–Kier alpha value is -2.78. The van der Waals surface area contributed by atoms with Gasteiger partial charge in [-0.1, -0.05) is 12.8 Å². The van der Waals surface area contributed by atoms with E-state index in [1.54, 1.807) is 40.4 Å². The van der Waals surface area contributed by atoms with Gasteiger partial charge in [-0.05, 0) is 31.1 Å². The van der Waals surface area contributed by atoms with Gasteiger partial charge in [0.15, 0.2) is 11.5 Å². The van der Waals surface area contributed by atoms with Gasteiger partial charge in [0.25, 0.3) is 0 Å². The predicted octanol–water partition coefficient (Wildman–Crippen LogP) is 2.71. The number of pyridine rings is 1. The van der Waals surface area contributed by atoms with Crippen LogP contribution in [0.15, 0.2) is 41.5 Å². The standard InChI is InChI=1S/C20H23NO5/c1-6-26-20(22)15-9-10-21-16(11-15)8-7-14-12-17(23-3)19(25-5)18(24-4)13(14)2/h9-13,18H,6H2,1-5H3. The highest BCUT2D eigenvalue weighted by Gasteiger charge is 2.32. The molecule has 1 aliphatic carbocycles. The maximum atomic E-state index is 11.8. The highest BCUT2D eigenvalue weighted by molar-refractivity contribution is 5.89.